The number of benzene rings is 1. The van der Waals surface area contributed by atoms with E-state index in [2.05, 4.69) is 9.71 Å². The fourth-order valence-electron chi connectivity index (χ4n) is 1.76. The van der Waals surface area contributed by atoms with Gasteiger partial charge in [-0.15, -0.1) is 0 Å². The molecule has 1 heterocycles. The predicted molar refractivity (Wildman–Crippen MR) is 77.5 cm³/mol. The topological polar surface area (TPSA) is 85.1 Å². The van der Waals surface area contributed by atoms with E-state index in [4.69, 9.17) is 5.73 Å². The normalized spacial score (nSPS) is 11.4. The number of nitrogens with zero attached hydrogens (tertiary/aromatic N) is 1. The number of hydrogen-bond donors (Lipinski definition) is 2. The Labute approximate surface area is 118 Å². The highest BCUT2D eigenvalue weighted by atomic mass is 32.2. The third kappa shape index (κ3) is 3.86. The Kier molecular flexibility index (Phi) is 4.84. The van der Waals surface area contributed by atoms with Gasteiger partial charge in [0.15, 0.2) is 0 Å². The molecule has 6 heteroatoms. The number of rotatable bonds is 6. The first-order chi connectivity index (χ1) is 9.62. The largest absolute Gasteiger partial charge is 0.330 e. The van der Waals surface area contributed by atoms with Gasteiger partial charge in [-0.2, -0.15) is 0 Å². The molecule has 3 N–H and O–H groups in total. The molecule has 0 aliphatic rings. The maximum atomic E-state index is 12.1. The van der Waals surface area contributed by atoms with Crippen LogP contribution >= 0.6 is 0 Å². The average Bonchev–Trinajstić information content (AvgIpc) is 2.47. The minimum atomic E-state index is -3.49. The van der Waals surface area contributed by atoms with Crippen LogP contribution in [0, 0.1) is 0 Å². The number of nitrogens with two attached hydrogens (primary N) is 1. The molecule has 0 bridgehead atoms. The van der Waals surface area contributed by atoms with Gasteiger partial charge in [-0.05, 0) is 48.4 Å². The molecule has 0 saturated carbocycles. The zero-order chi connectivity index (χ0) is 14.4. The Morgan fingerprint density at radius 2 is 1.65 bits per heavy atom. The lowest BCUT2D eigenvalue weighted by Gasteiger charge is -2.07. The summed E-state index contributed by atoms with van der Waals surface area (Å²) in [5, 5.41) is 0. The van der Waals surface area contributed by atoms with Crippen LogP contribution in [-0.4, -0.2) is 19.9 Å². The van der Waals surface area contributed by atoms with Gasteiger partial charge in [0.25, 0.3) is 0 Å². The van der Waals surface area contributed by atoms with Crippen LogP contribution < -0.4 is 10.5 Å². The van der Waals surface area contributed by atoms with Gasteiger partial charge in [0.1, 0.15) is 0 Å². The maximum Gasteiger partial charge on any atom is 0.240 e. The summed E-state index contributed by atoms with van der Waals surface area (Å²) in [5.41, 5.74) is 7.35. The maximum absolute atomic E-state index is 12.1. The Morgan fingerprint density at radius 1 is 1.00 bits per heavy atom. The monoisotopic (exact) mass is 291 g/mol. The van der Waals surface area contributed by atoms with Crippen LogP contribution in [0.15, 0.2) is 53.7 Å². The van der Waals surface area contributed by atoms with E-state index in [0.29, 0.717) is 6.54 Å². The second-order valence-corrected chi connectivity index (χ2v) is 6.13. The molecule has 0 radical (unpaired) electrons. The summed E-state index contributed by atoms with van der Waals surface area (Å²) >= 11 is 0. The number of sulfonamides is 1. The molecule has 0 unspecified atom stereocenters. The smallest absolute Gasteiger partial charge is 0.240 e. The summed E-state index contributed by atoms with van der Waals surface area (Å²) in [6.07, 6.45) is 4.00. The first kappa shape index (κ1) is 14.6. The van der Waals surface area contributed by atoms with Crippen LogP contribution in [-0.2, 0) is 23.0 Å². The molecule has 106 valence electrons. The second-order valence-electron chi connectivity index (χ2n) is 4.36. The molecule has 0 aliphatic carbocycles. The predicted octanol–water partition coefficient (Wildman–Crippen LogP) is 1.06. The van der Waals surface area contributed by atoms with Gasteiger partial charge in [-0.1, -0.05) is 12.1 Å². The van der Waals surface area contributed by atoms with Crippen molar-refractivity contribution in [2.45, 2.75) is 17.9 Å². The van der Waals surface area contributed by atoms with Crippen LogP contribution in [0.5, 0.6) is 0 Å². The summed E-state index contributed by atoms with van der Waals surface area (Å²) in [5.74, 6) is 0. The molecule has 1 aromatic heterocycles. The molecule has 0 spiro atoms. The van der Waals surface area contributed by atoms with Crippen molar-refractivity contribution in [3.05, 3.63) is 59.9 Å². The molecule has 0 atom stereocenters. The van der Waals surface area contributed by atoms with E-state index in [1.54, 1.807) is 48.8 Å². The van der Waals surface area contributed by atoms with Gasteiger partial charge in [0.05, 0.1) is 4.90 Å². The SMILES string of the molecule is NCCc1ccc(S(=O)(=O)NCc2ccncc2)cc1. The molecular weight excluding hydrogens is 274 g/mol. The Morgan fingerprint density at radius 3 is 2.25 bits per heavy atom. The van der Waals surface area contributed by atoms with E-state index < -0.39 is 10.0 Å². The fraction of sp³-hybridized carbons (Fsp3) is 0.214. The fourth-order valence-corrected chi connectivity index (χ4v) is 2.78. The van der Waals surface area contributed by atoms with Crippen molar-refractivity contribution in [1.82, 2.24) is 9.71 Å². The van der Waals surface area contributed by atoms with Gasteiger partial charge in [0.2, 0.25) is 10.0 Å². The number of aromatic nitrogens is 1. The van der Waals surface area contributed by atoms with Gasteiger partial charge < -0.3 is 5.73 Å². The van der Waals surface area contributed by atoms with Crippen molar-refractivity contribution < 1.29 is 8.42 Å². The number of pyridine rings is 1. The van der Waals surface area contributed by atoms with E-state index in [-0.39, 0.29) is 11.4 Å². The quantitative estimate of drug-likeness (QED) is 0.833. The van der Waals surface area contributed by atoms with Crippen molar-refractivity contribution in [2.75, 3.05) is 6.54 Å². The first-order valence-electron chi connectivity index (χ1n) is 6.29. The molecular formula is C14H17N3O2S. The minimum absolute atomic E-state index is 0.245. The molecule has 0 saturated heterocycles. The number of nitrogens with one attached hydrogen (secondary N) is 1. The van der Waals surface area contributed by atoms with Crippen molar-refractivity contribution in [2.24, 2.45) is 5.73 Å². The standard InChI is InChI=1S/C14H17N3O2S/c15-8-5-12-1-3-14(4-2-12)20(18,19)17-11-13-6-9-16-10-7-13/h1-4,6-7,9-10,17H,5,8,11,15H2. The molecule has 2 aromatic rings. The van der Waals surface area contributed by atoms with E-state index in [1.165, 1.54) is 0 Å². The van der Waals surface area contributed by atoms with Crippen LogP contribution in [0.2, 0.25) is 0 Å². The zero-order valence-electron chi connectivity index (χ0n) is 11.0. The van der Waals surface area contributed by atoms with Crippen LogP contribution in [0.4, 0.5) is 0 Å². The van der Waals surface area contributed by atoms with E-state index in [0.717, 1.165) is 17.5 Å². The first-order valence-corrected chi connectivity index (χ1v) is 7.78. The van der Waals surface area contributed by atoms with Crippen molar-refractivity contribution >= 4 is 10.0 Å². The lowest BCUT2D eigenvalue weighted by atomic mass is 10.2. The van der Waals surface area contributed by atoms with E-state index >= 15 is 0 Å². The van der Waals surface area contributed by atoms with Crippen molar-refractivity contribution in [3.63, 3.8) is 0 Å². The third-order valence-corrected chi connectivity index (χ3v) is 4.30. The second kappa shape index (κ2) is 6.60. The van der Waals surface area contributed by atoms with Crippen LogP contribution in [0.1, 0.15) is 11.1 Å². The summed E-state index contributed by atoms with van der Waals surface area (Å²) in [4.78, 5) is 4.14. The van der Waals surface area contributed by atoms with Gasteiger partial charge in [0, 0.05) is 18.9 Å². The lowest BCUT2D eigenvalue weighted by Crippen LogP contribution is -2.23. The van der Waals surface area contributed by atoms with Crippen molar-refractivity contribution in [1.29, 1.82) is 0 Å². The summed E-state index contributed by atoms with van der Waals surface area (Å²) < 4.78 is 26.8. The molecule has 0 fully saturated rings. The average molecular weight is 291 g/mol. The molecule has 0 amide bonds. The van der Waals surface area contributed by atoms with Crippen LogP contribution in [0.25, 0.3) is 0 Å². The lowest BCUT2D eigenvalue weighted by molar-refractivity contribution is 0.581. The van der Waals surface area contributed by atoms with Crippen LogP contribution in [0.3, 0.4) is 0 Å². The molecule has 1 aromatic carbocycles. The minimum Gasteiger partial charge on any atom is -0.330 e. The zero-order valence-corrected chi connectivity index (χ0v) is 11.8. The highest BCUT2D eigenvalue weighted by Crippen LogP contribution is 2.11. The Bertz CT molecular complexity index is 640. The highest BCUT2D eigenvalue weighted by molar-refractivity contribution is 7.89. The number of hydrogen-bond acceptors (Lipinski definition) is 4. The van der Waals surface area contributed by atoms with Gasteiger partial charge in [-0.25, -0.2) is 13.1 Å². The molecule has 0 aliphatic heterocycles. The molecule has 20 heavy (non-hydrogen) atoms. The van der Waals surface area contributed by atoms with Gasteiger partial charge >= 0.3 is 0 Å². The summed E-state index contributed by atoms with van der Waals surface area (Å²) in [6.45, 7) is 0.793. The molecule has 2 rings (SSSR count). The highest BCUT2D eigenvalue weighted by Gasteiger charge is 2.13. The Balaban J connectivity index is 2.06. The summed E-state index contributed by atoms with van der Waals surface area (Å²) in [7, 11) is -3.49. The van der Waals surface area contributed by atoms with Crippen molar-refractivity contribution in [3.8, 4) is 0 Å². The Hall–Kier alpha value is -1.76. The summed E-state index contributed by atoms with van der Waals surface area (Å²) in [6, 6.07) is 10.3. The van der Waals surface area contributed by atoms with E-state index in [9.17, 15) is 8.42 Å². The van der Waals surface area contributed by atoms with Gasteiger partial charge in [-0.3, -0.25) is 4.98 Å². The molecule has 5 nitrogen and oxygen atoms in total. The van der Waals surface area contributed by atoms with E-state index in [1.807, 2.05) is 0 Å². The third-order valence-electron chi connectivity index (χ3n) is 2.88.